The zero-order valence-corrected chi connectivity index (χ0v) is 11.8. The molecule has 1 heterocycles. The molecule has 5 nitrogen and oxygen atoms in total. The van der Waals surface area contributed by atoms with Crippen molar-refractivity contribution in [2.24, 2.45) is 0 Å². The maximum Gasteiger partial charge on any atom is 0.244 e. The number of rotatable bonds is 7. The van der Waals surface area contributed by atoms with Crippen molar-refractivity contribution < 1.29 is 8.42 Å². The first-order chi connectivity index (χ1) is 8.59. The number of nitrogens with zero attached hydrogens (tertiary/aromatic N) is 1. The Labute approximate surface area is 109 Å². The molecule has 1 aromatic rings. The first kappa shape index (κ1) is 13.6. The first-order valence-corrected chi connectivity index (χ1v) is 7.87. The Bertz CT molecular complexity index is 491. The largest absolute Gasteiger partial charge is 0.363 e. The van der Waals surface area contributed by atoms with Crippen LogP contribution in [0.3, 0.4) is 0 Å². The van der Waals surface area contributed by atoms with Crippen LogP contribution in [0.1, 0.15) is 31.9 Å². The summed E-state index contributed by atoms with van der Waals surface area (Å²) in [7, 11) is -1.49. The van der Waals surface area contributed by atoms with E-state index in [2.05, 4.69) is 10.3 Å². The molecule has 0 radical (unpaired) electrons. The molecule has 1 fully saturated rings. The monoisotopic (exact) mass is 271 g/mol. The van der Waals surface area contributed by atoms with Gasteiger partial charge in [0.15, 0.2) is 0 Å². The highest BCUT2D eigenvalue weighted by atomic mass is 32.2. The summed E-state index contributed by atoms with van der Waals surface area (Å²) in [6.07, 6.45) is 4.43. The summed E-state index contributed by atoms with van der Waals surface area (Å²) < 4.78 is 26.7. The molecule has 1 aliphatic rings. The Kier molecular flexibility index (Phi) is 4.09. The third-order valence-corrected chi connectivity index (χ3v) is 5.02. The normalized spacial score (nSPS) is 16.4. The first-order valence-electron chi connectivity index (χ1n) is 6.43. The molecule has 2 N–H and O–H groups in total. The molecule has 6 heteroatoms. The lowest BCUT2D eigenvalue weighted by Gasteiger charge is -2.20. The minimum absolute atomic E-state index is 0.220. The summed E-state index contributed by atoms with van der Waals surface area (Å²) >= 11 is 0. The van der Waals surface area contributed by atoms with E-state index in [1.807, 2.05) is 14.0 Å². The van der Waals surface area contributed by atoms with E-state index in [0.29, 0.717) is 18.0 Å². The number of hydrogen-bond donors (Lipinski definition) is 2. The number of aromatic nitrogens is 1. The van der Waals surface area contributed by atoms with E-state index in [4.69, 9.17) is 0 Å². The average Bonchev–Trinajstić information content (AvgIpc) is 3.05. The van der Waals surface area contributed by atoms with Gasteiger partial charge in [-0.25, -0.2) is 8.42 Å². The fourth-order valence-electron chi connectivity index (χ4n) is 2.08. The molecule has 0 spiro atoms. The van der Waals surface area contributed by atoms with E-state index in [9.17, 15) is 8.42 Å². The summed E-state index contributed by atoms with van der Waals surface area (Å²) in [5.41, 5.74) is 0.892. The van der Waals surface area contributed by atoms with Crippen LogP contribution in [0.25, 0.3) is 0 Å². The van der Waals surface area contributed by atoms with Crippen molar-refractivity contribution in [2.75, 3.05) is 13.6 Å². The Morgan fingerprint density at radius 2 is 2.22 bits per heavy atom. The van der Waals surface area contributed by atoms with Crippen LogP contribution in [0, 0.1) is 0 Å². The predicted molar refractivity (Wildman–Crippen MR) is 70.8 cm³/mol. The van der Waals surface area contributed by atoms with Gasteiger partial charge in [0.1, 0.15) is 0 Å². The zero-order valence-electron chi connectivity index (χ0n) is 10.9. The third-order valence-electron chi connectivity index (χ3n) is 3.09. The molecule has 0 unspecified atom stereocenters. The molecule has 18 heavy (non-hydrogen) atoms. The molecule has 102 valence electrons. The molecule has 0 atom stereocenters. The van der Waals surface area contributed by atoms with Crippen molar-refractivity contribution in [3.8, 4) is 0 Å². The molecule has 0 amide bonds. The fourth-order valence-corrected chi connectivity index (χ4v) is 3.87. The maximum atomic E-state index is 12.5. The molecular formula is C12H21N3O2S. The Morgan fingerprint density at radius 3 is 2.78 bits per heavy atom. The number of H-pyrrole nitrogens is 1. The van der Waals surface area contributed by atoms with Gasteiger partial charge in [0.05, 0.1) is 4.90 Å². The quantitative estimate of drug-likeness (QED) is 0.785. The second-order valence-corrected chi connectivity index (χ2v) is 6.63. The molecule has 0 saturated heterocycles. The highest BCUT2D eigenvalue weighted by molar-refractivity contribution is 7.89. The smallest absolute Gasteiger partial charge is 0.244 e. The second kappa shape index (κ2) is 5.42. The lowest BCUT2D eigenvalue weighted by atomic mass is 10.4. The Hall–Kier alpha value is -0.850. The number of aromatic amines is 1. The summed E-state index contributed by atoms with van der Waals surface area (Å²) in [5.74, 6) is 0. The van der Waals surface area contributed by atoms with Crippen molar-refractivity contribution in [1.29, 1.82) is 0 Å². The van der Waals surface area contributed by atoms with Crippen molar-refractivity contribution in [1.82, 2.24) is 14.6 Å². The predicted octanol–water partition coefficient (Wildman–Crippen LogP) is 1.30. The van der Waals surface area contributed by atoms with Gasteiger partial charge in [0.25, 0.3) is 0 Å². The Morgan fingerprint density at radius 1 is 1.50 bits per heavy atom. The van der Waals surface area contributed by atoms with E-state index >= 15 is 0 Å². The molecule has 1 aromatic heterocycles. The van der Waals surface area contributed by atoms with Gasteiger partial charge in [-0.3, -0.25) is 0 Å². The van der Waals surface area contributed by atoms with Gasteiger partial charge in [0, 0.05) is 31.0 Å². The van der Waals surface area contributed by atoms with Crippen LogP contribution in [0.15, 0.2) is 17.2 Å². The van der Waals surface area contributed by atoms with Crippen LogP contribution in [-0.2, 0) is 16.6 Å². The van der Waals surface area contributed by atoms with E-state index in [1.165, 1.54) is 0 Å². The fraction of sp³-hybridized carbons (Fsp3) is 0.667. The van der Waals surface area contributed by atoms with Gasteiger partial charge in [-0.2, -0.15) is 4.31 Å². The summed E-state index contributed by atoms with van der Waals surface area (Å²) in [6.45, 7) is 3.26. The second-order valence-electron chi connectivity index (χ2n) is 4.74. The van der Waals surface area contributed by atoms with E-state index in [0.717, 1.165) is 25.0 Å². The molecular weight excluding hydrogens is 250 g/mol. The standard InChI is InChI=1S/C12H21N3O2S/c1-3-6-15(11-4-5-11)18(16,17)12-7-10(8-13-2)14-9-12/h7,9,11,13-14H,3-6,8H2,1-2H3. The highest BCUT2D eigenvalue weighted by Crippen LogP contribution is 2.32. The molecule has 0 aromatic carbocycles. The molecule has 1 aliphatic carbocycles. The van der Waals surface area contributed by atoms with Gasteiger partial charge in [-0.05, 0) is 32.4 Å². The van der Waals surface area contributed by atoms with Gasteiger partial charge < -0.3 is 10.3 Å². The number of hydrogen-bond acceptors (Lipinski definition) is 3. The van der Waals surface area contributed by atoms with Crippen molar-refractivity contribution in [3.05, 3.63) is 18.0 Å². The van der Waals surface area contributed by atoms with E-state index < -0.39 is 10.0 Å². The maximum absolute atomic E-state index is 12.5. The third kappa shape index (κ3) is 2.76. The average molecular weight is 271 g/mol. The Balaban J connectivity index is 2.21. The van der Waals surface area contributed by atoms with Crippen LogP contribution >= 0.6 is 0 Å². The minimum Gasteiger partial charge on any atom is -0.363 e. The molecule has 0 aliphatic heterocycles. The summed E-state index contributed by atoms with van der Waals surface area (Å²) in [6, 6.07) is 1.94. The number of nitrogens with one attached hydrogen (secondary N) is 2. The summed E-state index contributed by atoms with van der Waals surface area (Å²) in [4.78, 5) is 3.38. The van der Waals surface area contributed by atoms with Gasteiger partial charge in [-0.1, -0.05) is 6.92 Å². The lowest BCUT2D eigenvalue weighted by molar-refractivity contribution is 0.403. The van der Waals surface area contributed by atoms with Crippen molar-refractivity contribution in [3.63, 3.8) is 0 Å². The van der Waals surface area contributed by atoms with Crippen LogP contribution in [0.4, 0.5) is 0 Å². The zero-order chi connectivity index (χ0) is 13.2. The van der Waals surface area contributed by atoms with Crippen molar-refractivity contribution in [2.45, 2.75) is 43.7 Å². The van der Waals surface area contributed by atoms with Crippen molar-refractivity contribution >= 4 is 10.0 Å². The van der Waals surface area contributed by atoms with Crippen LogP contribution in [-0.4, -0.2) is 37.3 Å². The minimum atomic E-state index is -3.32. The van der Waals surface area contributed by atoms with Gasteiger partial charge >= 0.3 is 0 Å². The number of sulfonamides is 1. The highest BCUT2D eigenvalue weighted by Gasteiger charge is 2.37. The van der Waals surface area contributed by atoms with Crippen LogP contribution in [0.2, 0.25) is 0 Å². The topological polar surface area (TPSA) is 65.2 Å². The van der Waals surface area contributed by atoms with Crippen LogP contribution in [0.5, 0.6) is 0 Å². The molecule has 0 bridgehead atoms. The van der Waals surface area contributed by atoms with Crippen LogP contribution < -0.4 is 5.32 Å². The van der Waals surface area contributed by atoms with E-state index in [-0.39, 0.29) is 6.04 Å². The van der Waals surface area contributed by atoms with E-state index in [1.54, 1.807) is 16.6 Å². The van der Waals surface area contributed by atoms with Gasteiger partial charge in [-0.15, -0.1) is 0 Å². The SMILES string of the molecule is CCCN(C1CC1)S(=O)(=O)c1c[nH]c(CNC)c1. The lowest BCUT2D eigenvalue weighted by Crippen LogP contribution is -2.33. The molecule has 2 rings (SSSR count). The van der Waals surface area contributed by atoms with Gasteiger partial charge in [0.2, 0.25) is 10.0 Å². The summed E-state index contributed by atoms with van der Waals surface area (Å²) in [5, 5.41) is 3.00. The molecule has 1 saturated carbocycles.